The standard InChI is InChI=1S/C15H17N3O4/c1-11(19)16-14-10-18(15(20)22-14)13-4-2-12(3-5-13)17-6-8-21-9-7-17/h2-6,8,14H,7,9-10H2,1H3,(H,16,19)/t14-/m1/s1. The summed E-state index contributed by atoms with van der Waals surface area (Å²) in [7, 11) is 0. The molecule has 1 N–H and O–H groups in total. The fraction of sp³-hybridized carbons (Fsp3) is 0.333. The molecule has 1 aromatic rings. The van der Waals surface area contributed by atoms with Gasteiger partial charge in [0.25, 0.3) is 0 Å². The zero-order chi connectivity index (χ0) is 15.5. The Morgan fingerprint density at radius 2 is 2.00 bits per heavy atom. The number of nitrogens with zero attached hydrogens (tertiary/aromatic N) is 2. The number of rotatable bonds is 3. The van der Waals surface area contributed by atoms with Crippen LogP contribution in [0.1, 0.15) is 6.92 Å². The second kappa shape index (κ2) is 5.97. The van der Waals surface area contributed by atoms with Crippen LogP contribution in [0.2, 0.25) is 0 Å². The smallest absolute Gasteiger partial charge is 0.416 e. The van der Waals surface area contributed by atoms with Gasteiger partial charge in [-0.15, -0.1) is 0 Å². The van der Waals surface area contributed by atoms with Gasteiger partial charge in [-0.1, -0.05) is 0 Å². The van der Waals surface area contributed by atoms with Crippen LogP contribution in [0.15, 0.2) is 36.7 Å². The van der Waals surface area contributed by atoms with E-state index in [1.165, 1.54) is 11.8 Å². The zero-order valence-corrected chi connectivity index (χ0v) is 12.2. The first-order valence-electron chi connectivity index (χ1n) is 7.04. The minimum Gasteiger partial charge on any atom is -0.498 e. The topological polar surface area (TPSA) is 71.1 Å². The first-order valence-corrected chi connectivity index (χ1v) is 7.04. The number of benzene rings is 1. The maximum absolute atomic E-state index is 11.9. The zero-order valence-electron chi connectivity index (χ0n) is 12.2. The highest BCUT2D eigenvalue weighted by atomic mass is 16.6. The number of hydrogen-bond donors (Lipinski definition) is 1. The number of hydrogen-bond acceptors (Lipinski definition) is 5. The van der Waals surface area contributed by atoms with E-state index in [4.69, 9.17) is 9.47 Å². The van der Waals surface area contributed by atoms with Crippen molar-refractivity contribution in [2.75, 3.05) is 29.5 Å². The molecule has 7 heteroatoms. The summed E-state index contributed by atoms with van der Waals surface area (Å²) in [6, 6.07) is 7.58. The molecule has 1 fully saturated rings. The fourth-order valence-electron chi connectivity index (χ4n) is 2.42. The van der Waals surface area contributed by atoms with Crippen LogP contribution in [0.25, 0.3) is 0 Å². The van der Waals surface area contributed by atoms with Crippen LogP contribution in [-0.2, 0) is 14.3 Å². The van der Waals surface area contributed by atoms with E-state index in [-0.39, 0.29) is 5.91 Å². The van der Waals surface area contributed by atoms with Crippen LogP contribution in [0.4, 0.5) is 16.2 Å². The number of amides is 2. The van der Waals surface area contributed by atoms with Crippen LogP contribution < -0.4 is 15.1 Å². The SMILES string of the molecule is CC(=O)N[C@H]1CN(c2ccc(N3C=COCC3)cc2)C(=O)O1. The highest BCUT2D eigenvalue weighted by Crippen LogP contribution is 2.25. The summed E-state index contributed by atoms with van der Waals surface area (Å²) in [4.78, 5) is 26.5. The Kier molecular flexibility index (Phi) is 3.86. The van der Waals surface area contributed by atoms with Gasteiger partial charge in [-0.05, 0) is 24.3 Å². The molecule has 1 atom stereocenters. The molecule has 0 spiro atoms. The number of nitrogens with one attached hydrogen (secondary N) is 1. The molecule has 0 radical (unpaired) electrons. The van der Waals surface area contributed by atoms with Crippen molar-refractivity contribution in [2.45, 2.75) is 13.2 Å². The van der Waals surface area contributed by atoms with Gasteiger partial charge in [-0.3, -0.25) is 9.69 Å². The lowest BCUT2D eigenvalue weighted by Crippen LogP contribution is -2.36. The molecule has 7 nitrogen and oxygen atoms in total. The van der Waals surface area contributed by atoms with Crippen LogP contribution in [-0.4, -0.2) is 37.9 Å². The van der Waals surface area contributed by atoms with Crippen molar-refractivity contribution >= 4 is 23.4 Å². The molecular formula is C15H17N3O4. The third-order valence-corrected chi connectivity index (χ3v) is 3.46. The quantitative estimate of drug-likeness (QED) is 0.914. The van der Waals surface area contributed by atoms with Crippen LogP contribution in [0, 0.1) is 0 Å². The Labute approximate surface area is 128 Å². The van der Waals surface area contributed by atoms with Crippen LogP contribution in [0.5, 0.6) is 0 Å². The molecule has 0 aliphatic carbocycles. The third-order valence-electron chi connectivity index (χ3n) is 3.46. The van der Waals surface area contributed by atoms with Gasteiger partial charge in [0, 0.05) is 24.5 Å². The van der Waals surface area contributed by atoms with Crippen LogP contribution >= 0.6 is 0 Å². The molecule has 2 aliphatic heterocycles. The highest BCUT2D eigenvalue weighted by molar-refractivity contribution is 5.90. The highest BCUT2D eigenvalue weighted by Gasteiger charge is 2.32. The number of carbonyl (C=O) groups is 2. The minimum absolute atomic E-state index is 0.228. The van der Waals surface area contributed by atoms with Crippen molar-refractivity contribution in [2.24, 2.45) is 0 Å². The average Bonchev–Trinajstić information content (AvgIpc) is 2.88. The van der Waals surface area contributed by atoms with Gasteiger partial charge in [-0.25, -0.2) is 4.79 Å². The molecule has 116 valence electrons. The first kappa shape index (κ1) is 14.2. The van der Waals surface area contributed by atoms with E-state index in [1.807, 2.05) is 30.5 Å². The summed E-state index contributed by atoms with van der Waals surface area (Å²) in [6.45, 7) is 3.12. The lowest BCUT2D eigenvalue weighted by atomic mass is 10.2. The molecule has 2 aliphatic rings. The summed E-state index contributed by atoms with van der Waals surface area (Å²) >= 11 is 0. The lowest BCUT2D eigenvalue weighted by Gasteiger charge is -2.24. The largest absolute Gasteiger partial charge is 0.498 e. The Hall–Kier alpha value is -2.70. The Morgan fingerprint density at radius 3 is 2.64 bits per heavy atom. The summed E-state index contributed by atoms with van der Waals surface area (Å²) in [5.74, 6) is -0.228. The van der Waals surface area contributed by atoms with Gasteiger partial charge in [0.05, 0.1) is 19.4 Å². The molecule has 0 bridgehead atoms. The van der Waals surface area contributed by atoms with Crippen molar-refractivity contribution in [3.63, 3.8) is 0 Å². The molecule has 0 saturated carbocycles. The summed E-state index contributed by atoms with van der Waals surface area (Å²) < 4.78 is 10.3. The molecule has 1 aromatic carbocycles. The number of ether oxygens (including phenoxy) is 2. The molecule has 2 amide bonds. The van der Waals surface area contributed by atoms with Gasteiger partial charge < -0.3 is 19.7 Å². The molecule has 22 heavy (non-hydrogen) atoms. The number of anilines is 2. The summed E-state index contributed by atoms with van der Waals surface area (Å²) in [6.07, 6.45) is 2.47. The molecule has 1 saturated heterocycles. The summed E-state index contributed by atoms with van der Waals surface area (Å²) in [5.41, 5.74) is 1.76. The van der Waals surface area contributed by atoms with E-state index in [2.05, 4.69) is 10.2 Å². The second-order valence-electron chi connectivity index (χ2n) is 5.05. The minimum atomic E-state index is -0.605. The fourth-order valence-corrected chi connectivity index (χ4v) is 2.42. The van der Waals surface area contributed by atoms with E-state index in [0.717, 1.165) is 17.9 Å². The molecular weight excluding hydrogens is 286 g/mol. The summed E-state index contributed by atoms with van der Waals surface area (Å²) in [5, 5.41) is 2.58. The Morgan fingerprint density at radius 1 is 1.27 bits per heavy atom. The Bertz CT molecular complexity index is 599. The van der Waals surface area contributed by atoms with Gasteiger partial charge in [0.2, 0.25) is 5.91 Å². The first-order chi connectivity index (χ1) is 10.6. The van der Waals surface area contributed by atoms with Gasteiger partial charge in [0.15, 0.2) is 6.23 Å². The number of carbonyl (C=O) groups excluding carboxylic acids is 2. The van der Waals surface area contributed by atoms with Crippen molar-refractivity contribution < 1.29 is 19.1 Å². The van der Waals surface area contributed by atoms with E-state index < -0.39 is 12.3 Å². The van der Waals surface area contributed by atoms with Crippen molar-refractivity contribution in [3.05, 3.63) is 36.7 Å². The van der Waals surface area contributed by atoms with Crippen LogP contribution in [0.3, 0.4) is 0 Å². The molecule has 2 heterocycles. The van der Waals surface area contributed by atoms with E-state index in [9.17, 15) is 9.59 Å². The van der Waals surface area contributed by atoms with E-state index in [1.54, 1.807) is 6.26 Å². The monoisotopic (exact) mass is 303 g/mol. The van der Waals surface area contributed by atoms with Crippen molar-refractivity contribution in [1.29, 1.82) is 0 Å². The Balaban J connectivity index is 1.70. The predicted octanol–water partition coefficient (Wildman–Crippen LogP) is 1.41. The van der Waals surface area contributed by atoms with Gasteiger partial charge in [0.1, 0.15) is 6.61 Å². The number of cyclic esters (lactones) is 1. The average molecular weight is 303 g/mol. The van der Waals surface area contributed by atoms with Gasteiger partial charge >= 0.3 is 6.09 Å². The van der Waals surface area contributed by atoms with E-state index in [0.29, 0.717) is 13.2 Å². The molecule has 3 rings (SSSR count). The van der Waals surface area contributed by atoms with E-state index >= 15 is 0 Å². The van der Waals surface area contributed by atoms with Gasteiger partial charge in [-0.2, -0.15) is 0 Å². The maximum atomic E-state index is 11.9. The molecule has 0 aromatic heterocycles. The van der Waals surface area contributed by atoms with Crippen molar-refractivity contribution in [3.8, 4) is 0 Å². The lowest BCUT2D eigenvalue weighted by molar-refractivity contribution is -0.121. The normalized spacial score (nSPS) is 20.6. The predicted molar refractivity (Wildman–Crippen MR) is 80.3 cm³/mol. The second-order valence-corrected chi connectivity index (χ2v) is 5.05. The third kappa shape index (κ3) is 2.98. The maximum Gasteiger partial charge on any atom is 0.416 e. The molecule has 0 unspecified atom stereocenters. The van der Waals surface area contributed by atoms with Crippen molar-refractivity contribution in [1.82, 2.24) is 5.32 Å².